The summed E-state index contributed by atoms with van der Waals surface area (Å²) in [7, 11) is 0. The van der Waals surface area contributed by atoms with Crippen molar-refractivity contribution in [1.29, 1.82) is 0 Å². The van der Waals surface area contributed by atoms with E-state index in [-0.39, 0.29) is 0 Å². The molecule has 1 aromatic rings. The second-order valence-electron chi connectivity index (χ2n) is 5.28. The third kappa shape index (κ3) is 2.76. The minimum absolute atomic E-state index is 0.351. The first-order chi connectivity index (χ1) is 9.36. The highest BCUT2D eigenvalue weighted by molar-refractivity contribution is 5.45. The van der Waals surface area contributed by atoms with E-state index in [0.717, 1.165) is 18.0 Å². The highest BCUT2D eigenvalue weighted by Gasteiger charge is 2.25. The summed E-state index contributed by atoms with van der Waals surface area (Å²) in [5, 5.41) is 3.57. The molecule has 2 aliphatic rings. The molecule has 0 bridgehead atoms. The quantitative estimate of drug-likeness (QED) is 0.842. The van der Waals surface area contributed by atoms with Crippen molar-refractivity contribution in [2.75, 3.05) is 13.3 Å². The molecule has 0 amide bonds. The molecule has 1 N–H and O–H groups in total. The fourth-order valence-electron chi connectivity index (χ4n) is 2.76. The fraction of sp³-hybridized carbons (Fsp3) is 0.500. The lowest BCUT2D eigenvalue weighted by Crippen LogP contribution is -2.18. The lowest BCUT2D eigenvalue weighted by molar-refractivity contribution is 0.174. The summed E-state index contributed by atoms with van der Waals surface area (Å²) in [4.78, 5) is 0. The van der Waals surface area contributed by atoms with E-state index in [1.165, 1.54) is 24.8 Å². The van der Waals surface area contributed by atoms with Gasteiger partial charge in [0.15, 0.2) is 11.5 Å². The lowest BCUT2D eigenvalue weighted by Gasteiger charge is -2.09. The number of nitrogens with one attached hydrogen (secondary N) is 1. The Kier molecular flexibility index (Phi) is 3.74. The Balaban J connectivity index is 1.64. The summed E-state index contributed by atoms with van der Waals surface area (Å²) in [6, 6.07) is 6.84. The molecular formula is C16H21NO2. The first-order valence-corrected chi connectivity index (χ1v) is 7.16. The number of benzene rings is 1. The van der Waals surface area contributed by atoms with Gasteiger partial charge in [-0.3, -0.25) is 0 Å². The number of unbranched alkanes of at least 4 members (excludes halogenated alkanes) is 1. The maximum Gasteiger partial charge on any atom is 0.231 e. The molecule has 1 saturated heterocycles. The van der Waals surface area contributed by atoms with Gasteiger partial charge >= 0.3 is 0 Å². The maximum atomic E-state index is 5.45. The average Bonchev–Trinajstić information content (AvgIpc) is 3.06. The second-order valence-corrected chi connectivity index (χ2v) is 5.28. The summed E-state index contributed by atoms with van der Waals surface area (Å²) < 4.78 is 10.8. The smallest absolute Gasteiger partial charge is 0.231 e. The summed E-state index contributed by atoms with van der Waals surface area (Å²) in [6.45, 7) is 3.60. The van der Waals surface area contributed by atoms with Gasteiger partial charge in [-0.25, -0.2) is 0 Å². The van der Waals surface area contributed by atoms with Gasteiger partial charge in [0.05, 0.1) is 0 Å². The van der Waals surface area contributed by atoms with E-state index in [0.29, 0.717) is 18.8 Å². The Morgan fingerprint density at radius 2 is 2.21 bits per heavy atom. The Morgan fingerprint density at radius 1 is 1.32 bits per heavy atom. The van der Waals surface area contributed by atoms with Gasteiger partial charge < -0.3 is 14.8 Å². The normalized spacial score (nSPS) is 25.3. The van der Waals surface area contributed by atoms with Gasteiger partial charge in [-0.05, 0) is 36.5 Å². The van der Waals surface area contributed by atoms with Gasteiger partial charge in [-0.1, -0.05) is 31.6 Å². The van der Waals surface area contributed by atoms with E-state index >= 15 is 0 Å². The Bertz CT molecular complexity index is 470. The Morgan fingerprint density at radius 3 is 3.11 bits per heavy atom. The molecule has 3 nitrogen and oxygen atoms in total. The van der Waals surface area contributed by atoms with Crippen LogP contribution in [-0.2, 0) is 0 Å². The molecule has 0 saturated carbocycles. The van der Waals surface area contributed by atoms with Crippen molar-refractivity contribution in [2.45, 2.75) is 38.1 Å². The van der Waals surface area contributed by atoms with Crippen molar-refractivity contribution in [3.05, 3.63) is 35.9 Å². The monoisotopic (exact) mass is 259 g/mol. The van der Waals surface area contributed by atoms with Crippen LogP contribution in [0.4, 0.5) is 0 Å². The number of allylic oxidation sites excluding steroid dienone is 1. The van der Waals surface area contributed by atoms with Crippen LogP contribution in [0.15, 0.2) is 30.4 Å². The van der Waals surface area contributed by atoms with Crippen molar-refractivity contribution >= 4 is 0 Å². The van der Waals surface area contributed by atoms with Crippen LogP contribution in [0.3, 0.4) is 0 Å². The molecule has 2 aliphatic heterocycles. The summed E-state index contributed by atoms with van der Waals surface area (Å²) in [5.74, 6) is 2.34. The molecule has 2 heterocycles. The van der Waals surface area contributed by atoms with Gasteiger partial charge in [0.2, 0.25) is 6.79 Å². The zero-order valence-corrected chi connectivity index (χ0v) is 11.4. The number of hydrogen-bond donors (Lipinski definition) is 1. The zero-order valence-electron chi connectivity index (χ0n) is 11.4. The van der Waals surface area contributed by atoms with Crippen LogP contribution in [0, 0.1) is 0 Å². The Hall–Kier alpha value is -1.48. The standard InChI is InChI=1S/C16H21NO2/c1-2-3-4-5-14-8-13(10-17-14)12-6-7-15-16(9-12)19-11-18-15/h4-7,9,13-14,17H,2-3,8,10-11H2,1H3/b5-4+. The molecule has 0 aromatic heterocycles. The molecule has 2 unspecified atom stereocenters. The van der Waals surface area contributed by atoms with Crippen molar-refractivity contribution in [1.82, 2.24) is 5.32 Å². The van der Waals surface area contributed by atoms with Crippen LogP contribution in [0.2, 0.25) is 0 Å². The van der Waals surface area contributed by atoms with Crippen LogP contribution in [0.25, 0.3) is 0 Å². The van der Waals surface area contributed by atoms with Crippen molar-refractivity contribution in [3.63, 3.8) is 0 Å². The van der Waals surface area contributed by atoms with Crippen molar-refractivity contribution in [2.24, 2.45) is 0 Å². The largest absolute Gasteiger partial charge is 0.454 e. The maximum absolute atomic E-state index is 5.45. The van der Waals surface area contributed by atoms with Crippen LogP contribution in [-0.4, -0.2) is 19.4 Å². The molecule has 2 atom stereocenters. The fourth-order valence-corrected chi connectivity index (χ4v) is 2.76. The minimum Gasteiger partial charge on any atom is -0.454 e. The molecule has 0 radical (unpaired) electrons. The topological polar surface area (TPSA) is 30.5 Å². The highest BCUT2D eigenvalue weighted by Crippen LogP contribution is 2.36. The van der Waals surface area contributed by atoms with Gasteiger partial charge in [0.25, 0.3) is 0 Å². The molecule has 19 heavy (non-hydrogen) atoms. The van der Waals surface area contributed by atoms with Crippen LogP contribution in [0.5, 0.6) is 11.5 Å². The van der Waals surface area contributed by atoms with E-state index in [2.05, 4.69) is 36.5 Å². The number of hydrogen-bond acceptors (Lipinski definition) is 3. The highest BCUT2D eigenvalue weighted by atomic mass is 16.7. The molecule has 0 aliphatic carbocycles. The van der Waals surface area contributed by atoms with E-state index < -0.39 is 0 Å². The number of rotatable bonds is 4. The molecule has 1 aromatic carbocycles. The van der Waals surface area contributed by atoms with Crippen molar-refractivity contribution < 1.29 is 9.47 Å². The van der Waals surface area contributed by atoms with Crippen LogP contribution >= 0.6 is 0 Å². The zero-order chi connectivity index (χ0) is 13.1. The predicted octanol–water partition coefficient (Wildman–Crippen LogP) is 3.22. The SMILES string of the molecule is CCC/C=C/C1CC(c2ccc3c(c2)OCO3)CN1. The summed E-state index contributed by atoms with van der Waals surface area (Å²) in [6.07, 6.45) is 8.16. The molecule has 3 heteroatoms. The summed E-state index contributed by atoms with van der Waals surface area (Å²) >= 11 is 0. The van der Waals surface area contributed by atoms with E-state index in [1.807, 2.05) is 6.07 Å². The molecule has 0 spiro atoms. The van der Waals surface area contributed by atoms with E-state index in [4.69, 9.17) is 9.47 Å². The van der Waals surface area contributed by atoms with Gasteiger partial charge in [0.1, 0.15) is 0 Å². The third-order valence-electron chi connectivity index (χ3n) is 3.86. The molecular weight excluding hydrogens is 238 g/mol. The van der Waals surface area contributed by atoms with Gasteiger partial charge in [-0.15, -0.1) is 0 Å². The number of fused-ring (bicyclic) bond motifs is 1. The van der Waals surface area contributed by atoms with Crippen molar-refractivity contribution in [3.8, 4) is 11.5 Å². The molecule has 102 valence electrons. The number of ether oxygens (including phenoxy) is 2. The Labute approximate surface area is 114 Å². The van der Waals surface area contributed by atoms with Gasteiger partial charge in [0, 0.05) is 12.6 Å². The van der Waals surface area contributed by atoms with Crippen LogP contribution < -0.4 is 14.8 Å². The predicted molar refractivity (Wildman–Crippen MR) is 75.8 cm³/mol. The third-order valence-corrected chi connectivity index (χ3v) is 3.86. The van der Waals surface area contributed by atoms with Gasteiger partial charge in [-0.2, -0.15) is 0 Å². The van der Waals surface area contributed by atoms with E-state index in [1.54, 1.807) is 0 Å². The van der Waals surface area contributed by atoms with E-state index in [9.17, 15) is 0 Å². The average molecular weight is 259 g/mol. The van der Waals surface area contributed by atoms with Crippen LogP contribution in [0.1, 0.15) is 37.7 Å². The summed E-state index contributed by atoms with van der Waals surface area (Å²) in [5.41, 5.74) is 1.35. The lowest BCUT2D eigenvalue weighted by atomic mass is 9.96. The first-order valence-electron chi connectivity index (χ1n) is 7.16. The first kappa shape index (κ1) is 12.5. The molecule has 1 fully saturated rings. The molecule has 3 rings (SSSR count). The second kappa shape index (κ2) is 5.66. The minimum atomic E-state index is 0.351.